The predicted octanol–water partition coefficient (Wildman–Crippen LogP) is 3.72. The Hall–Kier alpha value is -3.69. The first kappa shape index (κ1) is 22.5. The number of nitrogens with zero attached hydrogens (tertiary/aromatic N) is 2. The van der Waals surface area contributed by atoms with Gasteiger partial charge in [-0.15, -0.1) is 0 Å². The minimum Gasteiger partial charge on any atom is -0.483 e. The number of carboxylic acids is 1. The maximum atomic E-state index is 13.9. The summed E-state index contributed by atoms with van der Waals surface area (Å²) < 4.78 is 33.2. The van der Waals surface area contributed by atoms with E-state index in [1.54, 1.807) is 13.0 Å². The molecule has 174 valence electrons. The molecule has 10 heteroatoms. The van der Waals surface area contributed by atoms with Crippen LogP contribution in [0, 0.1) is 11.6 Å². The van der Waals surface area contributed by atoms with Crippen LogP contribution in [0.5, 0.6) is 5.75 Å². The molecule has 0 aromatic heterocycles. The first-order chi connectivity index (χ1) is 15.7. The highest BCUT2D eigenvalue weighted by Gasteiger charge is 2.36. The molecule has 0 spiro atoms. The Morgan fingerprint density at radius 3 is 2.61 bits per heavy atom. The van der Waals surface area contributed by atoms with Crippen molar-refractivity contribution in [1.82, 2.24) is 5.43 Å². The van der Waals surface area contributed by atoms with Gasteiger partial charge in [0.15, 0.2) is 17.5 Å². The molecule has 0 radical (unpaired) electrons. The van der Waals surface area contributed by atoms with Gasteiger partial charge in [-0.05, 0) is 56.0 Å². The van der Waals surface area contributed by atoms with Gasteiger partial charge in [0.2, 0.25) is 0 Å². The summed E-state index contributed by atoms with van der Waals surface area (Å²) in [5.41, 5.74) is 5.31. The van der Waals surface area contributed by atoms with Crippen molar-refractivity contribution >= 4 is 29.1 Å². The summed E-state index contributed by atoms with van der Waals surface area (Å²) in [5.74, 6) is -1.61. The number of aliphatic carboxylic acids is 1. The second-order valence-electron chi connectivity index (χ2n) is 8.12. The van der Waals surface area contributed by atoms with E-state index in [9.17, 15) is 13.6 Å². The molecule has 0 saturated heterocycles. The Morgan fingerprint density at radius 2 is 1.97 bits per heavy atom. The van der Waals surface area contributed by atoms with Gasteiger partial charge in [-0.25, -0.2) is 14.2 Å². The molecule has 2 heterocycles. The maximum Gasteiger partial charge on any atom is 0.300 e. The number of ether oxygens (including phenoxy) is 1. The lowest BCUT2D eigenvalue weighted by Gasteiger charge is -2.39. The van der Waals surface area contributed by atoms with E-state index in [2.05, 4.69) is 15.8 Å². The van der Waals surface area contributed by atoms with Crippen molar-refractivity contribution in [3.8, 4) is 16.9 Å². The third kappa shape index (κ3) is 4.59. The van der Waals surface area contributed by atoms with Gasteiger partial charge < -0.3 is 20.1 Å². The molecular weight excluding hydrogens is 434 g/mol. The zero-order chi connectivity index (χ0) is 23.7. The van der Waals surface area contributed by atoms with Crippen LogP contribution in [0.3, 0.4) is 0 Å². The zero-order valence-corrected chi connectivity index (χ0v) is 18.2. The average molecular weight is 458 g/mol. The molecule has 2 aromatic rings. The SMILES string of the molecule is CC(=O)O.CC1C(=O)NN=C2COc3cc(-c4ccc(F)c(F)c4)c(NC4CCC4)cc3N21. The molecule has 33 heavy (non-hydrogen) atoms. The quantitative estimate of drug-likeness (QED) is 0.648. The largest absolute Gasteiger partial charge is 0.483 e. The van der Waals surface area contributed by atoms with Crippen LogP contribution in [0.1, 0.15) is 33.1 Å². The zero-order valence-electron chi connectivity index (χ0n) is 18.2. The highest BCUT2D eigenvalue weighted by molar-refractivity contribution is 6.10. The van der Waals surface area contributed by atoms with Crippen LogP contribution in [0.4, 0.5) is 20.2 Å². The summed E-state index contributed by atoms with van der Waals surface area (Å²) in [4.78, 5) is 23.0. The molecule has 5 rings (SSSR count). The van der Waals surface area contributed by atoms with E-state index in [0.29, 0.717) is 23.2 Å². The predicted molar refractivity (Wildman–Crippen MR) is 119 cm³/mol. The highest BCUT2D eigenvalue weighted by Crippen LogP contribution is 2.43. The molecule has 1 amide bonds. The van der Waals surface area contributed by atoms with E-state index in [1.165, 1.54) is 6.07 Å². The van der Waals surface area contributed by atoms with Crippen molar-refractivity contribution in [2.24, 2.45) is 5.10 Å². The number of hydrogen-bond donors (Lipinski definition) is 3. The number of carbonyl (C=O) groups excluding carboxylic acids is 1. The van der Waals surface area contributed by atoms with Crippen molar-refractivity contribution in [1.29, 1.82) is 0 Å². The molecule has 3 N–H and O–H groups in total. The number of amidine groups is 1. The molecule has 3 aliphatic rings. The number of halogens is 2. The molecule has 2 aromatic carbocycles. The molecule has 0 bridgehead atoms. The number of amides is 1. The van der Waals surface area contributed by atoms with Crippen molar-refractivity contribution in [3.05, 3.63) is 42.0 Å². The van der Waals surface area contributed by atoms with Crippen LogP contribution >= 0.6 is 0 Å². The lowest BCUT2D eigenvalue weighted by Crippen LogP contribution is -2.55. The number of nitrogens with one attached hydrogen (secondary N) is 2. The van der Waals surface area contributed by atoms with Gasteiger partial charge in [0, 0.05) is 24.2 Å². The number of rotatable bonds is 3. The summed E-state index contributed by atoms with van der Waals surface area (Å²) in [6.45, 7) is 3.10. The first-order valence-electron chi connectivity index (χ1n) is 10.6. The number of hydrogen-bond acceptors (Lipinski definition) is 6. The summed E-state index contributed by atoms with van der Waals surface area (Å²) in [5, 5.41) is 15.0. The standard InChI is InChI=1S/C21H20F2N4O2.C2H4O2/c1-11-21(28)26-25-20-10-29-19-8-14(12-5-6-15(22)16(23)7-12)17(9-18(19)27(11)20)24-13-3-2-4-13;1-2(3)4/h5-9,11,13,24H,2-4,10H2,1H3,(H,26,28);1H3,(H,3,4). The Bertz CT molecular complexity index is 1130. The molecule has 8 nitrogen and oxygen atoms in total. The van der Waals surface area contributed by atoms with Crippen LogP contribution < -0.4 is 20.4 Å². The summed E-state index contributed by atoms with van der Waals surface area (Å²) in [6, 6.07) is 7.49. The number of carboxylic acid groups (broad SMARTS) is 1. The molecule has 1 unspecified atom stereocenters. The lowest BCUT2D eigenvalue weighted by molar-refractivity contribution is -0.134. The molecule has 1 saturated carbocycles. The summed E-state index contributed by atoms with van der Waals surface area (Å²) in [6.07, 6.45) is 3.27. The number of carbonyl (C=O) groups is 2. The van der Waals surface area contributed by atoms with Gasteiger partial charge in [0.1, 0.15) is 18.4 Å². The fourth-order valence-corrected chi connectivity index (χ4v) is 3.87. The minimum atomic E-state index is -0.897. The summed E-state index contributed by atoms with van der Waals surface area (Å²) >= 11 is 0. The van der Waals surface area contributed by atoms with E-state index >= 15 is 0 Å². The number of hydrazone groups is 1. The van der Waals surface area contributed by atoms with Gasteiger partial charge >= 0.3 is 0 Å². The smallest absolute Gasteiger partial charge is 0.300 e. The highest BCUT2D eigenvalue weighted by atomic mass is 19.2. The van der Waals surface area contributed by atoms with Crippen LogP contribution in [0.15, 0.2) is 35.4 Å². The molecule has 1 atom stereocenters. The van der Waals surface area contributed by atoms with Gasteiger partial charge in [-0.3, -0.25) is 9.59 Å². The second-order valence-corrected chi connectivity index (χ2v) is 8.12. The van der Waals surface area contributed by atoms with Crippen LogP contribution in [0.25, 0.3) is 11.1 Å². The minimum absolute atomic E-state index is 0.195. The van der Waals surface area contributed by atoms with E-state index in [4.69, 9.17) is 14.6 Å². The fourth-order valence-electron chi connectivity index (χ4n) is 3.87. The van der Waals surface area contributed by atoms with Crippen LogP contribution in [0.2, 0.25) is 0 Å². The van der Waals surface area contributed by atoms with Crippen LogP contribution in [-0.2, 0) is 9.59 Å². The van der Waals surface area contributed by atoms with Gasteiger partial charge in [0.05, 0.1) is 5.69 Å². The third-order valence-corrected chi connectivity index (χ3v) is 5.75. The Morgan fingerprint density at radius 1 is 1.24 bits per heavy atom. The van der Waals surface area contributed by atoms with Gasteiger partial charge in [-0.2, -0.15) is 5.10 Å². The Labute approximate surface area is 189 Å². The second kappa shape index (κ2) is 9.05. The molecule has 1 aliphatic carbocycles. The van der Waals surface area contributed by atoms with E-state index in [0.717, 1.165) is 49.2 Å². The average Bonchev–Trinajstić information content (AvgIpc) is 2.74. The number of anilines is 2. The molecule has 2 aliphatic heterocycles. The van der Waals surface area contributed by atoms with E-state index < -0.39 is 23.6 Å². The van der Waals surface area contributed by atoms with E-state index in [-0.39, 0.29) is 12.5 Å². The van der Waals surface area contributed by atoms with Crippen molar-refractivity contribution in [2.75, 3.05) is 16.8 Å². The van der Waals surface area contributed by atoms with E-state index in [1.807, 2.05) is 17.0 Å². The monoisotopic (exact) mass is 458 g/mol. The third-order valence-electron chi connectivity index (χ3n) is 5.75. The van der Waals surface area contributed by atoms with Crippen molar-refractivity contribution in [3.63, 3.8) is 0 Å². The fraction of sp³-hybridized carbons (Fsp3) is 0.348. The maximum absolute atomic E-state index is 13.9. The molecular formula is C23H24F2N4O4. The van der Waals surface area contributed by atoms with Crippen molar-refractivity contribution in [2.45, 2.75) is 45.2 Å². The van der Waals surface area contributed by atoms with Gasteiger partial charge in [-0.1, -0.05) is 6.07 Å². The van der Waals surface area contributed by atoms with Crippen LogP contribution in [-0.4, -0.2) is 41.5 Å². The number of fused-ring (bicyclic) bond motifs is 3. The summed E-state index contributed by atoms with van der Waals surface area (Å²) in [7, 11) is 0. The topological polar surface area (TPSA) is 103 Å². The number of benzene rings is 2. The lowest BCUT2D eigenvalue weighted by atomic mass is 9.92. The normalized spacial score (nSPS) is 18.9. The Kier molecular flexibility index (Phi) is 6.17. The van der Waals surface area contributed by atoms with Gasteiger partial charge in [0.25, 0.3) is 11.9 Å². The molecule has 1 fully saturated rings. The first-order valence-corrected chi connectivity index (χ1v) is 10.6. The Balaban J connectivity index is 0.000000601. The van der Waals surface area contributed by atoms with Crippen molar-refractivity contribution < 1.29 is 28.2 Å².